The van der Waals surface area contributed by atoms with Crippen LogP contribution in [0.1, 0.15) is 11.3 Å². The molecular formula is C22H27F3N4O5S. The van der Waals surface area contributed by atoms with Crippen molar-refractivity contribution >= 4 is 21.5 Å². The zero-order valence-electron chi connectivity index (χ0n) is 19.4. The van der Waals surface area contributed by atoms with Crippen LogP contribution >= 0.6 is 0 Å². The number of hydrogen-bond donors (Lipinski definition) is 3. The number of aromatic nitrogens is 1. The Morgan fingerprint density at radius 3 is 2.51 bits per heavy atom. The summed E-state index contributed by atoms with van der Waals surface area (Å²) in [6.07, 6.45) is -3.22. The van der Waals surface area contributed by atoms with Gasteiger partial charge in [0.2, 0.25) is 0 Å². The molecule has 0 atom stereocenters. The van der Waals surface area contributed by atoms with Gasteiger partial charge in [0.1, 0.15) is 18.8 Å². The summed E-state index contributed by atoms with van der Waals surface area (Å²) in [5, 5.41) is 9.42. The topological polar surface area (TPSA) is 138 Å². The minimum atomic E-state index is -4.81. The van der Waals surface area contributed by atoms with Crippen molar-refractivity contribution in [1.29, 1.82) is 0 Å². The van der Waals surface area contributed by atoms with Crippen molar-refractivity contribution in [2.75, 3.05) is 40.0 Å². The van der Waals surface area contributed by atoms with Crippen LogP contribution < -0.4 is 5.73 Å². The highest BCUT2D eigenvalue weighted by molar-refractivity contribution is 7.90. The van der Waals surface area contributed by atoms with Crippen molar-refractivity contribution < 1.29 is 36.2 Å². The molecular weight excluding hydrogens is 489 g/mol. The number of benzene rings is 1. The summed E-state index contributed by atoms with van der Waals surface area (Å²) in [5.74, 6) is -0.729. The lowest BCUT2D eigenvalue weighted by Crippen LogP contribution is -2.22. The predicted octanol–water partition coefficient (Wildman–Crippen LogP) is 1.88. The molecule has 9 nitrogen and oxygen atoms in total. The number of rotatable bonds is 10. The van der Waals surface area contributed by atoms with Crippen molar-refractivity contribution in [3.8, 4) is 11.3 Å². The van der Waals surface area contributed by atoms with Gasteiger partial charge >= 0.3 is 12.1 Å². The third-order valence-electron chi connectivity index (χ3n) is 4.71. The number of aliphatic hydroxyl groups is 1. The Labute approximate surface area is 201 Å². The minimum absolute atomic E-state index is 0.0794. The number of H-pyrrole nitrogens is 1. The fourth-order valence-corrected chi connectivity index (χ4v) is 3.84. The number of ether oxygens (including phenoxy) is 1. The SMILES string of the molecule is CN(C)CCOC(=O)CN=C(/C=C(\N)C(F)(F)F)c1ccc(-c2ccc(CO)c(S(C)(=O)=O)c2)[nH]1. The molecule has 0 bridgehead atoms. The van der Waals surface area contributed by atoms with Gasteiger partial charge in [0.25, 0.3) is 0 Å². The Morgan fingerprint density at radius 1 is 1.26 bits per heavy atom. The Balaban J connectivity index is 2.41. The van der Waals surface area contributed by atoms with E-state index in [0.717, 1.165) is 6.26 Å². The van der Waals surface area contributed by atoms with E-state index in [2.05, 4.69) is 9.98 Å². The first-order valence-electron chi connectivity index (χ1n) is 10.2. The molecule has 0 saturated carbocycles. The van der Waals surface area contributed by atoms with Gasteiger partial charge in [-0.2, -0.15) is 13.2 Å². The third kappa shape index (κ3) is 8.23. The van der Waals surface area contributed by atoms with Crippen molar-refractivity contribution in [1.82, 2.24) is 9.88 Å². The molecule has 4 N–H and O–H groups in total. The number of carbonyl (C=O) groups excluding carboxylic acids is 1. The molecule has 1 aromatic carbocycles. The van der Waals surface area contributed by atoms with Crippen LogP contribution in [0.4, 0.5) is 13.2 Å². The zero-order valence-corrected chi connectivity index (χ0v) is 20.2. The molecule has 0 spiro atoms. The minimum Gasteiger partial charge on any atom is -0.463 e. The van der Waals surface area contributed by atoms with E-state index in [1.165, 1.54) is 24.3 Å². The monoisotopic (exact) mass is 516 g/mol. The molecule has 1 aromatic heterocycles. The number of sulfone groups is 1. The van der Waals surface area contributed by atoms with E-state index in [0.29, 0.717) is 23.9 Å². The first kappa shape index (κ1) is 28.1. The molecule has 1 heterocycles. The number of nitrogens with zero attached hydrogens (tertiary/aromatic N) is 2. The van der Waals surface area contributed by atoms with E-state index < -0.39 is 40.8 Å². The fourth-order valence-electron chi connectivity index (χ4n) is 2.89. The Kier molecular flexibility index (Phi) is 9.24. The van der Waals surface area contributed by atoms with Crippen molar-refractivity contribution in [3.05, 3.63) is 53.4 Å². The number of nitrogens with one attached hydrogen (secondary N) is 1. The van der Waals surface area contributed by atoms with Gasteiger partial charge in [0.05, 0.1) is 22.9 Å². The van der Waals surface area contributed by atoms with Crippen LogP contribution in [0.3, 0.4) is 0 Å². The summed E-state index contributed by atoms with van der Waals surface area (Å²) in [6, 6.07) is 7.26. The summed E-state index contributed by atoms with van der Waals surface area (Å²) in [4.78, 5) is 20.5. The van der Waals surface area contributed by atoms with Crippen molar-refractivity contribution in [2.24, 2.45) is 10.7 Å². The Morgan fingerprint density at radius 2 is 1.94 bits per heavy atom. The first-order chi connectivity index (χ1) is 16.2. The van der Waals surface area contributed by atoms with Crippen LogP contribution in [-0.2, 0) is 26.0 Å². The van der Waals surface area contributed by atoms with Gasteiger partial charge in [-0.05, 0) is 49.5 Å². The molecule has 2 aromatic rings. The van der Waals surface area contributed by atoms with Crippen LogP contribution in [-0.4, -0.2) is 81.3 Å². The molecule has 0 radical (unpaired) electrons. The average Bonchev–Trinajstić information content (AvgIpc) is 3.24. The fraction of sp³-hybridized carbons (Fsp3) is 0.364. The molecule has 35 heavy (non-hydrogen) atoms. The van der Waals surface area contributed by atoms with Gasteiger partial charge in [-0.15, -0.1) is 0 Å². The number of halogens is 3. The van der Waals surface area contributed by atoms with Crippen LogP contribution in [0.25, 0.3) is 11.3 Å². The van der Waals surface area contributed by atoms with E-state index >= 15 is 0 Å². The molecule has 0 aliphatic heterocycles. The Hall–Kier alpha value is -3.16. The summed E-state index contributed by atoms with van der Waals surface area (Å²) in [6.45, 7) is -0.464. The highest BCUT2D eigenvalue weighted by atomic mass is 32.2. The quantitative estimate of drug-likeness (QED) is 0.324. The second kappa shape index (κ2) is 11.5. The number of allylic oxidation sites excluding steroid dienone is 2. The molecule has 0 aliphatic rings. The Bertz CT molecular complexity index is 1220. The standard InChI is InChI=1S/C22H27F3N4O5S/c1-29(2)8-9-34-21(31)12-27-18(11-20(26)22(23,24)25)17-7-6-16(28-17)14-4-5-15(13-30)19(10-14)35(3,32)33/h4-7,10-11,28,30H,8-9,12-13,26H2,1-3H3/b20-11-,27-18?. The summed E-state index contributed by atoms with van der Waals surface area (Å²) in [7, 11) is -0.0811. The summed E-state index contributed by atoms with van der Waals surface area (Å²) >= 11 is 0. The number of aliphatic hydroxyl groups excluding tert-OH is 1. The number of hydrogen-bond acceptors (Lipinski definition) is 8. The molecule has 192 valence electrons. The van der Waals surface area contributed by atoms with E-state index in [1.807, 2.05) is 0 Å². The molecule has 0 unspecified atom stereocenters. The lowest BCUT2D eigenvalue weighted by molar-refractivity contribution is -0.142. The molecule has 0 aliphatic carbocycles. The molecule has 13 heteroatoms. The zero-order chi connectivity index (χ0) is 26.4. The molecule has 0 saturated heterocycles. The molecule has 0 fully saturated rings. The highest BCUT2D eigenvalue weighted by Crippen LogP contribution is 2.26. The van der Waals surface area contributed by atoms with Crippen molar-refractivity contribution in [2.45, 2.75) is 17.7 Å². The summed E-state index contributed by atoms with van der Waals surface area (Å²) in [5.41, 5.74) is 4.59. The van der Waals surface area contributed by atoms with Gasteiger partial charge in [-0.3, -0.25) is 9.79 Å². The molecule has 2 rings (SSSR count). The number of aromatic amines is 1. The maximum atomic E-state index is 13.0. The largest absolute Gasteiger partial charge is 0.463 e. The van der Waals surface area contributed by atoms with Gasteiger partial charge in [-0.25, -0.2) is 8.42 Å². The van der Waals surface area contributed by atoms with Crippen LogP contribution in [0.15, 0.2) is 52.0 Å². The molecule has 0 amide bonds. The number of likely N-dealkylation sites (N-methyl/N-ethyl adjacent to an activating group) is 1. The predicted molar refractivity (Wildman–Crippen MR) is 125 cm³/mol. The average molecular weight is 517 g/mol. The smallest absolute Gasteiger partial charge is 0.430 e. The lowest BCUT2D eigenvalue weighted by atomic mass is 10.1. The lowest BCUT2D eigenvalue weighted by Gasteiger charge is -2.10. The van der Waals surface area contributed by atoms with Gasteiger partial charge in [0, 0.05) is 18.5 Å². The van der Waals surface area contributed by atoms with E-state index in [9.17, 15) is 31.5 Å². The van der Waals surface area contributed by atoms with Crippen LogP contribution in [0.2, 0.25) is 0 Å². The maximum Gasteiger partial charge on any atom is 0.430 e. The van der Waals surface area contributed by atoms with Gasteiger partial charge in [0.15, 0.2) is 9.84 Å². The number of alkyl halides is 3. The highest BCUT2D eigenvalue weighted by Gasteiger charge is 2.32. The van der Waals surface area contributed by atoms with E-state index in [-0.39, 0.29) is 28.5 Å². The van der Waals surface area contributed by atoms with E-state index in [1.54, 1.807) is 25.1 Å². The van der Waals surface area contributed by atoms with Crippen LogP contribution in [0, 0.1) is 0 Å². The maximum absolute atomic E-state index is 13.0. The van der Waals surface area contributed by atoms with Gasteiger partial charge in [-0.1, -0.05) is 12.1 Å². The number of carbonyl (C=O) groups is 1. The first-order valence-corrected chi connectivity index (χ1v) is 12.1. The number of esters is 1. The number of aliphatic imine (C=N–C) groups is 1. The third-order valence-corrected chi connectivity index (χ3v) is 5.89. The summed E-state index contributed by atoms with van der Waals surface area (Å²) < 4.78 is 68.2. The second-order valence-electron chi connectivity index (χ2n) is 7.86. The number of nitrogens with two attached hydrogens (primary N) is 1. The van der Waals surface area contributed by atoms with Gasteiger partial charge < -0.3 is 25.5 Å². The van der Waals surface area contributed by atoms with Crippen LogP contribution in [0.5, 0.6) is 0 Å². The second-order valence-corrected chi connectivity index (χ2v) is 9.85. The van der Waals surface area contributed by atoms with Crippen molar-refractivity contribution in [3.63, 3.8) is 0 Å². The van der Waals surface area contributed by atoms with E-state index in [4.69, 9.17) is 10.5 Å². The normalized spacial score (nSPS) is 13.4.